The third-order valence-electron chi connectivity index (χ3n) is 7.68. The second-order valence-electron chi connectivity index (χ2n) is 10.5. The number of carbonyl (C=O) groups is 3. The lowest BCUT2D eigenvalue weighted by molar-refractivity contribution is 0.0974. The van der Waals surface area contributed by atoms with Gasteiger partial charge >= 0.3 is 0 Å². The molecule has 0 radical (unpaired) electrons. The van der Waals surface area contributed by atoms with Crippen molar-refractivity contribution in [2.75, 3.05) is 16.8 Å². The van der Waals surface area contributed by atoms with E-state index in [2.05, 4.69) is 15.3 Å². The van der Waals surface area contributed by atoms with Gasteiger partial charge in [-0.2, -0.15) is 0 Å². The fourth-order valence-electron chi connectivity index (χ4n) is 5.36. The van der Waals surface area contributed by atoms with Gasteiger partial charge in [0.05, 0.1) is 21.6 Å². The zero-order valence-electron chi connectivity index (χ0n) is 22.2. The van der Waals surface area contributed by atoms with E-state index in [4.69, 9.17) is 0 Å². The van der Waals surface area contributed by atoms with E-state index in [9.17, 15) is 14.4 Å². The van der Waals surface area contributed by atoms with Gasteiger partial charge in [-0.1, -0.05) is 24.3 Å². The third kappa shape index (κ3) is 4.91. The van der Waals surface area contributed by atoms with Crippen molar-refractivity contribution >= 4 is 51.3 Å². The molecule has 41 heavy (non-hydrogen) atoms. The number of anilines is 2. The number of Topliss-reactive ketones (excluding diaryl/α,β-unsaturated/α-hetero) is 1. The number of hydrogen-bond donors (Lipinski definition) is 1. The molecule has 0 unspecified atom stereocenters. The number of thiophene rings is 1. The smallest absolute Gasteiger partial charge is 0.258 e. The fourth-order valence-corrected chi connectivity index (χ4v) is 6.55. The molecule has 0 spiro atoms. The molecular formula is C33H26N4O3S. The first-order valence-electron chi connectivity index (χ1n) is 13.7. The Balaban J connectivity index is 1.11. The maximum Gasteiger partial charge on any atom is 0.258 e. The van der Waals surface area contributed by atoms with Crippen molar-refractivity contribution in [3.63, 3.8) is 0 Å². The summed E-state index contributed by atoms with van der Waals surface area (Å²) in [6.45, 7) is 0.510. The van der Waals surface area contributed by atoms with Crippen molar-refractivity contribution in [3.05, 3.63) is 107 Å². The Morgan fingerprint density at radius 2 is 1.73 bits per heavy atom. The number of hydrogen-bond acceptors (Lipinski definition) is 6. The molecule has 2 aromatic heterocycles. The molecule has 2 amide bonds. The number of fused-ring (bicyclic) bond motifs is 4. The molecule has 0 bridgehead atoms. The minimum atomic E-state index is -0.294. The highest BCUT2D eigenvalue weighted by molar-refractivity contribution is 7.17. The zero-order chi connectivity index (χ0) is 27.9. The highest BCUT2D eigenvalue weighted by Gasteiger charge is 2.29. The number of carbonyl (C=O) groups excluding carboxylic acids is 3. The first kappa shape index (κ1) is 25.3. The van der Waals surface area contributed by atoms with Crippen LogP contribution in [-0.2, 0) is 6.42 Å². The van der Waals surface area contributed by atoms with Crippen molar-refractivity contribution in [2.24, 2.45) is 5.92 Å². The summed E-state index contributed by atoms with van der Waals surface area (Å²) < 4.78 is 0. The molecule has 1 saturated carbocycles. The standard InChI is InChI=1S/C33H26N4O3S/c38-28(18-20-8-9-20)29-19-22-14-17-37(27-7-2-1-4-24(27)31(22)41-29)33(40)21-10-12-23(13-11-21)36-32(39)25-5-3-6-26-30(25)35-16-15-34-26/h1-7,10-13,15-16,19-20H,8-9,14,17-18H2,(H,36,39). The average molecular weight is 559 g/mol. The Morgan fingerprint density at radius 3 is 2.56 bits per heavy atom. The molecule has 0 atom stereocenters. The summed E-state index contributed by atoms with van der Waals surface area (Å²) in [6.07, 6.45) is 6.78. The third-order valence-corrected chi connectivity index (χ3v) is 8.93. The normalized spacial score (nSPS) is 14.2. The minimum Gasteiger partial charge on any atom is -0.322 e. The minimum absolute atomic E-state index is 0.111. The van der Waals surface area contributed by atoms with E-state index in [1.165, 1.54) is 0 Å². The molecule has 3 aromatic carbocycles. The van der Waals surface area contributed by atoms with Crippen molar-refractivity contribution < 1.29 is 14.4 Å². The molecule has 3 heterocycles. The van der Waals surface area contributed by atoms with E-state index in [0.717, 1.165) is 39.4 Å². The van der Waals surface area contributed by atoms with Gasteiger partial charge < -0.3 is 10.2 Å². The largest absolute Gasteiger partial charge is 0.322 e. The lowest BCUT2D eigenvalue weighted by Gasteiger charge is -2.23. The van der Waals surface area contributed by atoms with E-state index >= 15 is 0 Å². The van der Waals surface area contributed by atoms with Gasteiger partial charge in [0, 0.05) is 47.1 Å². The predicted octanol–water partition coefficient (Wildman–Crippen LogP) is 6.80. The summed E-state index contributed by atoms with van der Waals surface area (Å²) >= 11 is 1.55. The Labute approximate surface area is 240 Å². The Hall–Kier alpha value is -4.69. The molecule has 7 rings (SSSR count). The molecule has 202 valence electrons. The van der Waals surface area contributed by atoms with Gasteiger partial charge in [-0.3, -0.25) is 24.4 Å². The van der Waals surface area contributed by atoms with Gasteiger partial charge in [-0.15, -0.1) is 11.3 Å². The van der Waals surface area contributed by atoms with Gasteiger partial charge in [0.1, 0.15) is 5.52 Å². The SMILES string of the molecule is O=C(CC1CC1)c1cc2c(s1)-c1ccccc1N(C(=O)c1ccc(NC(=O)c3cccc4nccnc34)cc1)CC2. The molecule has 1 fully saturated rings. The number of ketones is 1. The van der Waals surface area contributed by atoms with Crippen molar-refractivity contribution in [1.29, 1.82) is 0 Å². The van der Waals surface area contributed by atoms with E-state index in [1.807, 2.05) is 41.3 Å². The Morgan fingerprint density at radius 1 is 0.927 bits per heavy atom. The lowest BCUT2D eigenvalue weighted by Crippen LogP contribution is -2.32. The van der Waals surface area contributed by atoms with E-state index in [1.54, 1.807) is 60.1 Å². The van der Waals surface area contributed by atoms with Crippen molar-refractivity contribution in [2.45, 2.75) is 25.7 Å². The number of nitrogens with one attached hydrogen (secondary N) is 1. The number of para-hydroxylation sites is 2. The quantitative estimate of drug-likeness (QED) is 0.232. The van der Waals surface area contributed by atoms with E-state index in [-0.39, 0.29) is 17.6 Å². The van der Waals surface area contributed by atoms with Crippen LogP contribution in [0, 0.1) is 5.92 Å². The molecule has 1 aliphatic heterocycles. The molecule has 1 N–H and O–H groups in total. The van der Waals surface area contributed by atoms with Crippen LogP contribution in [0.1, 0.15) is 55.2 Å². The molecule has 0 saturated heterocycles. The van der Waals surface area contributed by atoms with E-state index in [0.29, 0.717) is 53.2 Å². The van der Waals surface area contributed by atoms with Crippen LogP contribution in [0.25, 0.3) is 21.5 Å². The first-order chi connectivity index (χ1) is 20.0. The maximum atomic E-state index is 13.8. The zero-order valence-corrected chi connectivity index (χ0v) is 23.0. The van der Waals surface area contributed by atoms with Crippen LogP contribution >= 0.6 is 11.3 Å². The summed E-state index contributed by atoms with van der Waals surface area (Å²) in [5, 5.41) is 2.90. The van der Waals surface area contributed by atoms with Gasteiger partial charge in [-0.05, 0) is 79.3 Å². The maximum absolute atomic E-state index is 13.8. The summed E-state index contributed by atoms with van der Waals surface area (Å²) in [7, 11) is 0. The monoisotopic (exact) mass is 558 g/mol. The first-order valence-corrected chi connectivity index (χ1v) is 14.5. The van der Waals surface area contributed by atoms with Gasteiger partial charge in [0.2, 0.25) is 0 Å². The van der Waals surface area contributed by atoms with Crippen LogP contribution in [0.5, 0.6) is 0 Å². The van der Waals surface area contributed by atoms with Crippen LogP contribution < -0.4 is 10.2 Å². The fraction of sp³-hybridized carbons (Fsp3) is 0.182. The van der Waals surface area contributed by atoms with Crippen molar-refractivity contribution in [1.82, 2.24) is 9.97 Å². The lowest BCUT2D eigenvalue weighted by atomic mass is 10.1. The summed E-state index contributed by atoms with van der Waals surface area (Å²) in [6, 6.07) is 22.2. The number of rotatable bonds is 6. The number of amides is 2. The number of nitrogens with zero attached hydrogens (tertiary/aromatic N) is 3. The second-order valence-corrected chi connectivity index (χ2v) is 11.6. The summed E-state index contributed by atoms with van der Waals surface area (Å²) in [4.78, 5) is 51.9. The van der Waals surface area contributed by atoms with Crippen LogP contribution in [0.4, 0.5) is 11.4 Å². The number of benzene rings is 3. The molecule has 8 heteroatoms. The van der Waals surface area contributed by atoms with Crippen LogP contribution in [0.15, 0.2) is 85.2 Å². The highest BCUT2D eigenvalue weighted by Crippen LogP contribution is 2.43. The van der Waals surface area contributed by atoms with E-state index < -0.39 is 0 Å². The molecular weight excluding hydrogens is 532 g/mol. The van der Waals surface area contributed by atoms with Crippen molar-refractivity contribution in [3.8, 4) is 10.4 Å². The number of aromatic nitrogens is 2. The van der Waals surface area contributed by atoms with Crippen LogP contribution in [0.2, 0.25) is 0 Å². The molecule has 7 nitrogen and oxygen atoms in total. The average Bonchev–Trinajstić information content (AvgIpc) is 3.75. The molecule has 5 aromatic rings. The predicted molar refractivity (Wildman–Crippen MR) is 161 cm³/mol. The Bertz CT molecular complexity index is 1820. The summed E-state index contributed by atoms with van der Waals surface area (Å²) in [5.74, 6) is 0.381. The molecule has 1 aliphatic carbocycles. The Kier molecular flexibility index (Phi) is 6.40. The van der Waals surface area contributed by atoms with Gasteiger partial charge in [0.15, 0.2) is 5.78 Å². The van der Waals surface area contributed by atoms with Crippen LogP contribution in [-0.4, -0.2) is 34.1 Å². The van der Waals surface area contributed by atoms with Gasteiger partial charge in [0.25, 0.3) is 11.8 Å². The van der Waals surface area contributed by atoms with Crippen LogP contribution in [0.3, 0.4) is 0 Å². The molecule has 2 aliphatic rings. The topological polar surface area (TPSA) is 92.3 Å². The summed E-state index contributed by atoms with van der Waals surface area (Å²) in [5.41, 5.74) is 5.66. The highest BCUT2D eigenvalue weighted by atomic mass is 32.1. The second kappa shape index (κ2) is 10.4. The van der Waals surface area contributed by atoms with Gasteiger partial charge in [-0.25, -0.2) is 0 Å².